The highest BCUT2D eigenvalue weighted by Crippen LogP contribution is 2.20. The smallest absolute Gasteiger partial charge is 0.338 e. The molecule has 0 heterocycles. The first kappa shape index (κ1) is 17.1. The average molecular weight is 328 g/mol. The Kier molecular flexibility index (Phi) is 5.26. The summed E-state index contributed by atoms with van der Waals surface area (Å²) in [6.45, 7) is 1.72. The van der Waals surface area contributed by atoms with Crippen LogP contribution >= 0.6 is 0 Å². The normalized spacial score (nSPS) is 10.1. The number of anilines is 1. The minimum absolute atomic E-state index is 0.0271. The SMILES string of the molecule is COC(=O)c1cccc(NC(=O)Cc2ccc([N+](=O)[O-])cc2)c1C. The molecule has 2 aromatic carbocycles. The summed E-state index contributed by atoms with van der Waals surface area (Å²) in [7, 11) is 1.29. The van der Waals surface area contributed by atoms with Gasteiger partial charge in [-0.2, -0.15) is 0 Å². The minimum Gasteiger partial charge on any atom is -0.465 e. The Morgan fingerprint density at radius 1 is 1.17 bits per heavy atom. The van der Waals surface area contributed by atoms with Gasteiger partial charge in [0.25, 0.3) is 5.69 Å². The molecule has 0 aliphatic heterocycles. The molecule has 7 heteroatoms. The summed E-state index contributed by atoms with van der Waals surface area (Å²) in [4.78, 5) is 33.9. The predicted molar refractivity (Wildman–Crippen MR) is 87.9 cm³/mol. The number of non-ortho nitro benzene ring substituents is 1. The van der Waals surface area contributed by atoms with Crippen molar-refractivity contribution < 1.29 is 19.2 Å². The van der Waals surface area contributed by atoms with E-state index in [0.717, 1.165) is 0 Å². The second-order valence-electron chi connectivity index (χ2n) is 5.12. The van der Waals surface area contributed by atoms with E-state index in [1.807, 2.05) is 0 Å². The number of nitro groups is 1. The standard InChI is InChI=1S/C17H16N2O5/c1-11-14(17(21)24-2)4-3-5-15(11)18-16(20)10-12-6-8-13(9-7-12)19(22)23/h3-9H,10H2,1-2H3,(H,18,20). The van der Waals surface area contributed by atoms with E-state index in [-0.39, 0.29) is 18.0 Å². The Morgan fingerprint density at radius 3 is 2.42 bits per heavy atom. The lowest BCUT2D eigenvalue weighted by Crippen LogP contribution is -2.16. The van der Waals surface area contributed by atoms with Crippen molar-refractivity contribution in [2.45, 2.75) is 13.3 Å². The number of carbonyl (C=O) groups excluding carboxylic acids is 2. The number of amides is 1. The number of methoxy groups -OCH3 is 1. The number of carbonyl (C=O) groups is 2. The molecular formula is C17H16N2O5. The van der Waals surface area contributed by atoms with Gasteiger partial charge in [-0.05, 0) is 30.2 Å². The Morgan fingerprint density at radius 2 is 1.83 bits per heavy atom. The fourth-order valence-corrected chi connectivity index (χ4v) is 2.22. The maximum absolute atomic E-state index is 12.1. The van der Waals surface area contributed by atoms with Gasteiger partial charge < -0.3 is 10.1 Å². The summed E-state index contributed by atoms with van der Waals surface area (Å²) >= 11 is 0. The molecule has 0 aliphatic rings. The molecule has 0 spiro atoms. The van der Waals surface area contributed by atoms with Crippen molar-refractivity contribution in [2.24, 2.45) is 0 Å². The molecule has 0 aliphatic carbocycles. The summed E-state index contributed by atoms with van der Waals surface area (Å²) in [5.41, 5.74) is 2.14. The molecule has 2 rings (SSSR count). The summed E-state index contributed by atoms with van der Waals surface area (Å²) in [6.07, 6.45) is 0.0693. The predicted octanol–water partition coefficient (Wildman–Crippen LogP) is 2.87. The van der Waals surface area contributed by atoms with Crippen LogP contribution in [0, 0.1) is 17.0 Å². The van der Waals surface area contributed by atoms with E-state index in [0.29, 0.717) is 22.4 Å². The van der Waals surface area contributed by atoms with Crippen molar-refractivity contribution in [3.63, 3.8) is 0 Å². The van der Waals surface area contributed by atoms with Crippen molar-refractivity contribution in [1.29, 1.82) is 0 Å². The molecule has 24 heavy (non-hydrogen) atoms. The molecule has 0 unspecified atom stereocenters. The van der Waals surface area contributed by atoms with Crippen LogP contribution in [0.4, 0.5) is 11.4 Å². The summed E-state index contributed by atoms with van der Waals surface area (Å²) in [5.74, 6) is -0.757. The monoisotopic (exact) mass is 328 g/mol. The Labute approximate surface area is 138 Å². The first-order chi connectivity index (χ1) is 11.4. The van der Waals surface area contributed by atoms with Gasteiger partial charge in [-0.3, -0.25) is 14.9 Å². The summed E-state index contributed by atoms with van der Waals surface area (Å²) in [6, 6.07) is 10.7. The minimum atomic E-state index is -0.495. The molecule has 0 fully saturated rings. The van der Waals surface area contributed by atoms with Gasteiger partial charge in [0, 0.05) is 17.8 Å². The van der Waals surface area contributed by atoms with E-state index in [1.54, 1.807) is 25.1 Å². The molecule has 0 bridgehead atoms. The van der Waals surface area contributed by atoms with Gasteiger partial charge in [0.2, 0.25) is 5.91 Å². The van der Waals surface area contributed by atoms with Gasteiger partial charge in [0.15, 0.2) is 0 Å². The second-order valence-corrected chi connectivity index (χ2v) is 5.12. The van der Waals surface area contributed by atoms with Crippen LogP contribution in [0.25, 0.3) is 0 Å². The lowest BCUT2D eigenvalue weighted by atomic mass is 10.1. The number of nitro benzene ring substituents is 1. The van der Waals surface area contributed by atoms with E-state index >= 15 is 0 Å². The zero-order valence-corrected chi connectivity index (χ0v) is 13.2. The Balaban J connectivity index is 2.10. The maximum atomic E-state index is 12.1. The molecule has 0 saturated heterocycles. The van der Waals surface area contributed by atoms with Crippen LogP contribution in [0.2, 0.25) is 0 Å². The highest BCUT2D eigenvalue weighted by Gasteiger charge is 2.14. The van der Waals surface area contributed by atoms with Gasteiger partial charge in [-0.15, -0.1) is 0 Å². The molecule has 124 valence electrons. The highest BCUT2D eigenvalue weighted by atomic mass is 16.6. The van der Waals surface area contributed by atoms with Crippen LogP contribution in [0.15, 0.2) is 42.5 Å². The number of esters is 1. The summed E-state index contributed by atoms with van der Waals surface area (Å²) in [5, 5.41) is 13.3. The van der Waals surface area contributed by atoms with Crippen LogP contribution < -0.4 is 5.32 Å². The Bertz CT molecular complexity index is 784. The van der Waals surface area contributed by atoms with E-state index in [1.165, 1.54) is 31.4 Å². The van der Waals surface area contributed by atoms with Crippen molar-refractivity contribution in [1.82, 2.24) is 0 Å². The molecule has 1 amide bonds. The highest BCUT2D eigenvalue weighted by molar-refractivity contribution is 5.97. The third-order valence-corrected chi connectivity index (χ3v) is 3.53. The number of benzene rings is 2. The molecule has 0 radical (unpaired) electrons. The van der Waals surface area contributed by atoms with E-state index in [4.69, 9.17) is 4.74 Å². The number of hydrogen-bond donors (Lipinski definition) is 1. The van der Waals surface area contributed by atoms with Crippen LogP contribution in [0.3, 0.4) is 0 Å². The Hall–Kier alpha value is -3.22. The lowest BCUT2D eigenvalue weighted by Gasteiger charge is -2.11. The number of nitrogens with one attached hydrogen (secondary N) is 1. The zero-order chi connectivity index (χ0) is 17.7. The number of nitrogens with zero attached hydrogens (tertiary/aromatic N) is 1. The number of ether oxygens (including phenoxy) is 1. The van der Waals surface area contributed by atoms with Gasteiger partial charge >= 0.3 is 5.97 Å². The largest absolute Gasteiger partial charge is 0.465 e. The molecular weight excluding hydrogens is 312 g/mol. The van der Waals surface area contributed by atoms with Crippen molar-refractivity contribution in [3.8, 4) is 0 Å². The van der Waals surface area contributed by atoms with Crippen LogP contribution in [-0.2, 0) is 16.0 Å². The summed E-state index contributed by atoms with van der Waals surface area (Å²) < 4.78 is 4.70. The van der Waals surface area contributed by atoms with Gasteiger partial charge in [-0.25, -0.2) is 4.79 Å². The molecule has 7 nitrogen and oxygen atoms in total. The molecule has 0 aromatic heterocycles. The molecule has 1 N–H and O–H groups in total. The topological polar surface area (TPSA) is 98.5 Å². The fraction of sp³-hybridized carbons (Fsp3) is 0.176. The quantitative estimate of drug-likeness (QED) is 0.517. The number of rotatable bonds is 5. The first-order valence-corrected chi connectivity index (χ1v) is 7.13. The van der Waals surface area contributed by atoms with Gasteiger partial charge in [0.1, 0.15) is 0 Å². The van der Waals surface area contributed by atoms with Crippen molar-refractivity contribution >= 4 is 23.3 Å². The fourth-order valence-electron chi connectivity index (χ4n) is 2.22. The van der Waals surface area contributed by atoms with E-state index < -0.39 is 10.9 Å². The molecule has 2 aromatic rings. The second kappa shape index (κ2) is 7.36. The number of hydrogen-bond acceptors (Lipinski definition) is 5. The third-order valence-electron chi connectivity index (χ3n) is 3.53. The van der Waals surface area contributed by atoms with Crippen LogP contribution in [0.1, 0.15) is 21.5 Å². The first-order valence-electron chi connectivity index (χ1n) is 7.13. The van der Waals surface area contributed by atoms with E-state index in [2.05, 4.69) is 5.32 Å². The van der Waals surface area contributed by atoms with Gasteiger partial charge in [0.05, 0.1) is 24.0 Å². The van der Waals surface area contributed by atoms with Crippen LogP contribution in [-0.4, -0.2) is 23.9 Å². The molecule has 0 atom stereocenters. The van der Waals surface area contributed by atoms with Crippen molar-refractivity contribution in [3.05, 3.63) is 69.3 Å². The van der Waals surface area contributed by atoms with Crippen LogP contribution in [0.5, 0.6) is 0 Å². The van der Waals surface area contributed by atoms with E-state index in [9.17, 15) is 19.7 Å². The van der Waals surface area contributed by atoms with Crippen molar-refractivity contribution in [2.75, 3.05) is 12.4 Å². The molecule has 0 saturated carbocycles. The third kappa shape index (κ3) is 3.95. The lowest BCUT2D eigenvalue weighted by molar-refractivity contribution is -0.384. The zero-order valence-electron chi connectivity index (χ0n) is 13.2. The maximum Gasteiger partial charge on any atom is 0.338 e. The average Bonchev–Trinajstić information content (AvgIpc) is 2.56. The van der Waals surface area contributed by atoms with Gasteiger partial charge in [-0.1, -0.05) is 18.2 Å².